The van der Waals surface area contributed by atoms with E-state index in [-0.39, 0.29) is 17.9 Å². The molecule has 1 aromatic heterocycles. The van der Waals surface area contributed by atoms with Crippen LogP contribution in [-0.2, 0) is 11.0 Å². The molecule has 0 fully saturated rings. The molecular formula is C18H15ClF3N5O. The van der Waals surface area contributed by atoms with Crippen LogP contribution in [0, 0.1) is 6.92 Å². The lowest BCUT2D eigenvalue weighted by Gasteiger charge is -2.15. The lowest BCUT2D eigenvalue weighted by Crippen LogP contribution is -2.23. The molecule has 0 radical (unpaired) electrons. The van der Waals surface area contributed by atoms with Gasteiger partial charge < -0.3 is 10.6 Å². The second-order valence-corrected chi connectivity index (χ2v) is 6.37. The summed E-state index contributed by atoms with van der Waals surface area (Å²) in [5, 5.41) is 9.90. The van der Waals surface area contributed by atoms with Gasteiger partial charge in [0.05, 0.1) is 23.5 Å². The third-order valence-electron chi connectivity index (χ3n) is 3.89. The van der Waals surface area contributed by atoms with E-state index in [2.05, 4.69) is 20.7 Å². The first-order valence-corrected chi connectivity index (χ1v) is 8.48. The molecule has 1 heterocycles. The third kappa shape index (κ3) is 4.61. The van der Waals surface area contributed by atoms with Gasteiger partial charge in [0.1, 0.15) is 12.7 Å². The number of amides is 1. The Hall–Kier alpha value is -3.07. The summed E-state index contributed by atoms with van der Waals surface area (Å²) in [5.41, 5.74) is 0.886. The number of hydrogen-bond acceptors (Lipinski definition) is 4. The van der Waals surface area contributed by atoms with Crippen LogP contribution in [0.2, 0.25) is 5.02 Å². The van der Waals surface area contributed by atoms with E-state index in [0.29, 0.717) is 10.7 Å². The molecule has 1 amide bonds. The summed E-state index contributed by atoms with van der Waals surface area (Å²) in [6.07, 6.45) is -1.97. The largest absolute Gasteiger partial charge is 0.416 e. The molecule has 6 nitrogen and oxygen atoms in total. The third-order valence-corrected chi connectivity index (χ3v) is 4.13. The van der Waals surface area contributed by atoms with Gasteiger partial charge in [-0.1, -0.05) is 11.6 Å². The molecule has 0 aliphatic rings. The Bertz CT molecular complexity index is 989. The minimum Gasteiger partial charge on any atom is -0.376 e. The van der Waals surface area contributed by atoms with Crippen molar-refractivity contribution < 1.29 is 18.0 Å². The SMILES string of the molecule is Cc1cc(Cl)ccc1NCC(=O)Nc1cc(C(F)(F)F)ccc1-n1cncn1. The summed E-state index contributed by atoms with van der Waals surface area (Å²) < 4.78 is 40.4. The fourth-order valence-electron chi connectivity index (χ4n) is 2.54. The van der Waals surface area contributed by atoms with Crippen molar-refractivity contribution in [1.82, 2.24) is 14.8 Å². The maximum absolute atomic E-state index is 13.1. The number of carbonyl (C=O) groups excluding carboxylic acids is 1. The van der Waals surface area contributed by atoms with E-state index in [1.807, 2.05) is 6.92 Å². The normalized spacial score (nSPS) is 11.3. The average Bonchev–Trinajstić information content (AvgIpc) is 3.14. The number of nitrogens with zero attached hydrogens (tertiary/aromatic N) is 3. The number of halogens is 4. The molecule has 0 aliphatic heterocycles. The first kappa shape index (κ1) is 19.7. The highest BCUT2D eigenvalue weighted by Gasteiger charge is 2.31. The van der Waals surface area contributed by atoms with Crippen molar-refractivity contribution in [3.63, 3.8) is 0 Å². The maximum atomic E-state index is 13.1. The van der Waals surface area contributed by atoms with E-state index < -0.39 is 17.6 Å². The quantitative estimate of drug-likeness (QED) is 0.659. The Kier molecular flexibility index (Phi) is 5.55. The van der Waals surface area contributed by atoms with Gasteiger partial charge in [-0.05, 0) is 48.9 Å². The molecule has 0 spiro atoms. The van der Waals surface area contributed by atoms with Gasteiger partial charge in [-0.2, -0.15) is 18.3 Å². The van der Waals surface area contributed by atoms with Crippen molar-refractivity contribution in [2.75, 3.05) is 17.2 Å². The Labute approximate surface area is 163 Å². The first-order chi connectivity index (χ1) is 13.2. The average molecular weight is 410 g/mol. The van der Waals surface area contributed by atoms with E-state index in [9.17, 15) is 18.0 Å². The van der Waals surface area contributed by atoms with Crippen LogP contribution >= 0.6 is 11.6 Å². The highest BCUT2D eigenvalue weighted by Crippen LogP contribution is 2.33. The number of aryl methyl sites for hydroxylation is 1. The van der Waals surface area contributed by atoms with Crippen molar-refractivity contribution in [3.05, 3.63) is 65.2 Å². The standard InChI is InChI=1S/C18H15ClF3N5O/c1-11-6-13(19)3-4-14(11)24-8-17(28)26-15-7-12(18(20,21)22)2-5-16(15)27-10-23-9-25-27/h2-7,9-10,24H,8H2,1H3,(H,26,28). The van der Waals surface area contributed by atoms with Crippen molar-refractivity contribution >= 4 is 28.9 Å². The van der Waals surface area contributed by atoms with E-state index in [0.717, 1.165) is 17.7 Å². The Morgan fingerprint density at radius 2 is 1.96 bits per heavy atom. The lowest BCUT2D eigenvalue weighted by molar-refractivity contribution is -0.137. The summed E-state index contributed by atoms with van der Waals surface area (Å²) in [6, 6.07) is 8.13. The number of aromatic nitrogens is 3. The van der Waals surface area contributed by atoms with E-state index in [4.69, 9.17) is 11.6 Å². The summed E-state index contributed by atoms with van der Waals surface area (Å²) >= 11 is 5.89. The number of carbonyl (C=O) groups is 1. The monoisotopic (exact) mass is 409 g/mol. The van der Waals surface area contributed by atoms with Crippen LogP contribution in [0.15, 0.2) is 49.1 Å². The molecule has 2 aromatic carbocycles. The molecule has 0 atom stereocenters. The number of benzene rings is 2. The zero-order chi connectivity index (χ0) is 20.3. The Balaban J connectivity index is 1.80. The maximum Gasteiger partial charge on any atom is 0.416 e. The smallest absolute Gasteiger partial charge is 0.376 e. The minimum atomic E-state index is -4.54. The topological polar surface area (TPSA) is 71.8 Å². The molecule has 0 bridgehead atoms. The van der Waals surface area contributed by atoms with Crippen LogP contribution < -0.4 is 10.6 Å². The molecule has 0 aliphatic carbocycles. The summed E-state index contributed by atoms with van der Waals surface area (Å²) in [5.74, 6) is -0.518. The second-order valence-electron chi connectivity index (χ2n) is 5.93. The molecule has 2 N–H and O–H groups in total. The van der Waals surface area contributed by atoms with Crippen LogP contribution in [-0.4, -0.2) is 27.2 Å². The molecule has 10 heteroatoms. The molecule has 0 saturated heterocycles. The van der Waals surface area contributed by atoms with Gasteiger partial charge >= 0.3 is 6.18 Å². The van der Waals surface area contributed by atoms with Crippen molar-refractivity contribution in [1.29, 1.82) is 0 Å². The molecule has 3 rings (SSSR count). The zero-order valence-electron chi connectivity index (χ0n) is 14.6. The number of rotatable bonds is 5. The predicted molar refractivity (Wildman–Crippen MR) is 99.7 cm³/mol. The Morgan fingerprint density at radius 1 is 1.18 bits per heavy atom. The first-order valence-electron chi connectivity index (χ1n) is 8.10. The van der Waals surface area contributed by atoms with E-state index >= 15 is 0 Å². The van der Waals surface area contributed by atoms with Gasteiger partial charge in [0.15, 0.2) is 0 Å². The van der Waals surface area contributed by atoms with Gasteiger partial charge in [0.2, 0.25) is 5.91 Å². The van der Waals surface area contributed by atoms with Crippen LogP contribution in [0.3, 0.4) is 0 Å². The lowest BCUT2D eigenvalue weighted by atomic mass is 10.1. The summed E-state index contributed by atoms with van der Waals surface area (Å²) in [6.45, 7) is 1.68. The van der Waals surface area contributed by atoms with Gasteiger partial charge in [-0.15, -0.1) is 0 Å². The van der Waals surface area contributed by atoms with Gasteiger partial charge in [0, 0.05) is 10.7 Å². The van der Waals surface area contributed by atoms with Crippen molar-refractivity contribution in [3.8, 4) is 5.69 Å². The highest BCUT2D eigenvalue weighted by molar-refractivity contribution is 6.30. The number of hydrogen-bond donors (Lipinski definition) is 2. The van der Waals surface area contributed by atoms with Crippen molar-refractivity contribution in [2.45, 2.75) is 13.1 Å². The molecule has 0 saturated carbocycles. The fourth-order valence-corrected chi connectivity index (χ4v) is 2.77. The van der Waals surface area contributed by atoms with Gasteiger partial charge in [-0.3, -0.25) is 4.79 Å². The number of anilines is 2. The van der Waals surface area contributed by atoms with Crippen LogP contribution in [0.1, 0.15) is 11.1 Å². The summed E-state index contributed by atoms with van der Waals surface area (Å²) in [4.78, 5) is 16.1. The zero-order valence-corrected chi connectivity index (χ0v) is 15.3. The van der Waals surface area contributed by atoms with E-state index in [1.165, 1.54) is 23.4 Å². The second kappa shape index (κ2) is 7.89. The van der Waals surface area contributed by atoms with Crippen LogP contribution in [0.25, 0.3) is 5.69 Å². The summed E-state index contributed by atoms with van der Waals surface area (Å²) in [7, 11) is 0. The Morgan fingerprint density at radius 3 is 2.61 bits per heavy atom. The van der Waals surface area contributed by atoms with Crippen LogP contribution in [0.4, 0.5) is 24.5 Å². The van der Waals surface area contributed by atoms with E-state index in [1.54, 1.807) is 18.2 Å². The number of alkyl halides is 3. The number of nitrogens with one attached hydrogen (secondary N) is 2. The molecule has 146 valence electrons. The van der Waals surface area contributed by atoms with Gasteiger partial charge in [0.25, 0.3) is 0 Å². The molecular weight excluding hydrogens is 395 g/mol. The minimum absolute atomic E-state index is 0.0278. The molecule has 0 unspecified atom stereocenters. The predicted octanol–water partition coefficient (Wildman–Crippen LogP) is 4.30. The van der Waals surface area contributed by atoms with Crippen molar-refractivity contribution in [2.24, 2.45) is 0 Å². The molecule has 28 heavy (non-hydrogen) atoms. The van der Waals surface area contributed by atoms with Gasteiger partial charge in [-0.25, -0.2) is 9.67 Å². The highest BCUT2D eigenvalue weighted by atomic mass is 35.5. The fraction of sp³-hybridized carbons (Fsp3) is 0.167. The van der Waals surface area contributed by atoms with Crippen LogP contribution in [0.5, 0.6) is 0 Å². The molecule has 3 aromatic rings.